The van der Waals surface area contributed by atoms with Crippen LogP contribution in [0.3, 0.4) is 0 Å². The molecule has 0 atom stereocenters. The van der Waals surface area contributed by atoms with Gasteiger partial charge in [-0.2, -0.15) is 9.36 Å². The standard InChI is InChI=1S/C19H28N6O5/c1-11-9-13(22-24(11)16(27)29-18(3,4)5)20-15(26)21-14-10-12(2)25(23-14)17(28)30-19(6,7)8/h9-10H,1-8H3,(H2,20,21,22,23,26). The Morgan fingerprint density at radius 2 is 1.10 bits per heavy atom. The Bertz CT molecular complexity index is 885. The molecule has 2 aromatic rings. The third-order valence-electron chi connectivity index (χ3n) is 3.39. The number of hydrogen-bond acceptors (Lipinski definition) is 7. The van der Waals surface area contributed by atoms with Gasteiger partial charge in [-0.25, -0.2) is 14.4 Å². The maximum absolute atomic E-state index is 12.3. The molecule has 0 aliphatic carbocycles. The van der Waals surface area contributed by atoms with Crippen molar-refractivity contribution in [2.45, 2.75) is 66.6 Å². The van der Waals surface area contributed by atoms with Gasteiger partial charge in [-0.3, -0.25) is 10.6 Å². The SMILES string of the molecule is Cc1cc(NC(=O)Nc2cc(C)n(C(=O)OC(C)(C)C)n2)nn1C(=O)OC(C)(C)C. The molecule has 2 rings (SSSR count). The number of carbonyl (C=O) groups excluding carboxylic acids is 3. The van der Waals surface area contributed by atoms with Crippen LogP contribution in [0.5, 0.6) is 0 Å². The third-order valence-corrected chi connectivity index (χ3v) is 3.39. The van der Waals surface area contributed by atoms with Gasteiger partial charge in [-0.1, -0.05) is 0 Å². The second-order valence-corrected chi connectivity index (χ2v) is 8.71. The Balaban J connectivity index is 2.05. The lowest BCUT2D eigenvalue weighted by Gasteiger charge is -2.19. The summed E-state index contributed by atoms with van der Waals surface area (Å²) in [7, 11) is 0. The summed E-state index contributed by atoms with van der Waals surface area (Å²) in [6, 6.07) is 2.40. The zero-order chi connectivity index (χ0) is 22.9. The van der Waals surface area contributed by atoms with Crippen LogP contribution in [0.15, 0.2) is 12.1 Å². The van der Waals surface area contributed by atoms with E-state index < -0.39 is 29.4 Å². The van der Waals surface area contributed by atoms with Gasteiger partial charge in [0.25, 0.3) is 0 Å². The molecule has 2 aromatic heterocycles. The molecule has 2 amide bonds. The summed E-state index contributed by atoms with van der Waals surface area (Å²) in [5, 5.41) is 13.1. The van der Waals surface area contributed by atoms with E-state index in [1.54, 1.807) is 55.4 Å². The molecule has 0 fully saturated rings. The second-order valence-electron chi connectivity index (χ2n) is 8.71. The molecular weight excluding hydrogens is 392 g/mol. The predicted octanol–water partition coefficient (Wildman–Crippen LogP) is 3.91. The number of amides is 2. The van der Waals surface area contributed by atoms with Crippen molar-refractivity contribution in [2.75, 3.05) is 10.6 Å². The van der Waals surface area contributed by atoms with E-state index in [1.165, 1.54) is 12.1 Å². The summed E-state index contributed by atoms with van der Waals surface area (Å²) < 4.78 is 12.7. The monoisotopic (exact) mass is 420 g/mol. The van der Waals surface area contributed by atoms with Gasteiger partial charge in [0.15, 0.2) is 11.6 Å². The number of anilines is 2. The van der Waals surface area contributed by atoms with Crippen molar-refractivity contribution >= 4 is 29.9 Å². The number of ether oxygens (including phenoxy) is 2. The fraction of sp³-hybridized carbons (Fsp3) is 0.526. The van der Waals surface area contributed by atoms with Gasteiger partial charge in [0, 0.05) is 23.5 Å². The van der Waals surface area contributed by atoms with E-state index in [4.69, 9.17) is 9.47 Å². The number of hydrogen-bond donors (Lipinski definition) is 2. The average molecular weight is 420 g/mol. The Morgan fingerprint density at radius 1 is 0.767 bits per heavy atom. The van der Waals surface area contributed by atoms with Crippen molar-refractivity contribution < 1.29 is 23.9 Å². The molecule has 0 aromatic carbocycles. The number of aromatic nitrogens is 4. The molecule has 0 aliphatic heterocycles. The highest BCUT2D eigenvalue weighted by molar-refractivity contribution is 5.98. The minimum Gasteiger partial charge on any atom is -0.442 e. The van der Waals surface area contributed by atoms with E-state index in [0.717, 1.165) is 9.36 Å². The number of nitrogens with zero attached hydrogens (tertiary/aromatic N) is 4. The van der Waals surface area contributed by atoms with Crippen LogP contribution in [-0.2, 0) is 9.47 Å². The topological polar surface area (TPSA) is 129 Å². The molecule has 164 valence electrons. The normalized spacial score (nSPS) is 11.7. The smallest absolute Gasteiger partial charge is 0.435 e. The lowest BCUT2D eigenvalue weighted by molar-refractivity contribution is 0.0500. The first kappa shape index (κ1) is 22.9. The van der Waals surface area contributed by atoms with Gasteiger partial charge in [0.1, 0.15) is 11.2 Å². The molecule has 0 radical (unpaired) electrons. The van der Waals surface area contributed by atoms with Crippen molar-refractivity contribution in [1.29, 1.82) is 0 Å². The van der Waals surface area contributed by atoms with Crippen molar-refractivity contribution in [3.63, 3.8) is 0 Å². The maximum atomic E-state index is 12.3. The summed E-state index contributed by atoms with van der Waals surface area (Å²) >= 11 is 0. The number of carbonyl (C=O) groups is 3. The van der Waals surface area contributed by atoms with Crippen LogP contribution < -0.4 is 10.6 Å². The van der Waals surface area contributed by atoms with Crippen LogP contribution in [-0.4, -0.2) is 49.0 Å². The largest absolute Gasteiger partial charge is 0.442 e. The Hall–Kier alpha value is -3.37. The van der Waals surface area contributed by atoms with Crippen LogP contribution in [0.2, 0.25) is 0 Å². The Morgan fingerprint density at radius 3 is 1.40 bits per heavy atom. The molecular formula is C19H28N6O5. The highest BCUT2D eigenvalue weighted by atomic mass is 16.6. The van der Waals surface area contributed by atoms with Crippen molar-refractivity contribution in [1.82, 2.24) is 19.6 Å². The van der Waals surface area contributed by atoms with Crippen LogP contribution in [0, 0.1) is 13.8 Å². The fourth-order valence-electron chi connectivity index (χ4n) is 2.31. The average Bonchev–Trinajstić information content (AvgIpc) is 3.06. The second kappa shape index (κ2) is 8.17. The minimum atomic E-state index is -0.675. The molecule has 0 unspecified atom stereocenters. The first-order valence-corrected chi connectivity index (χ1v) is 9.33. The molecule has 0 bridgehead atoms. The van der Waals surface area contributed by atoms with Crippen LogP contribution in [0.4, 0.5) is 26.0 Å². The predicted molar refractivity (Wildman–Crippen MR) is 110 cm³/mol. The molecule has 2 N–H and O–H groups in total. The molecule has 0 aliphatic rings. The van der Waals surface area contributed by atoms with E-state index in [0.29, 0.717) is 11.4 Å². The Kier molecular flexibility index (Phi) is 6.24. The molecule has 2 heterocycles. The van der Waals surface area contributed by atoms with Gasteiger partial charge < -0.3 is 9.47 Å². The van der Waals surface area contributed by atoms with Crippen molar-refractivity contribution in [3.8, 4) is 0 Å². The fourth-order valence-corrected chi connectivity index (χ4v) is 2.31. The summed E-state index contributed by atoms with van der Waals surface area (Å²) in [4.78, 5) is 36.6. The van der Waals surface area contributed by atoms with E-state index >= 15 is 0 Å². The first-order valence-electron chi connectivity index (χ1n) is 9.33. The van der Waals surface area contributed by atoms with Crippen LogP contribution in [0.25, 0.3) is 0 Å². The molecule has 0 saturated carbocycles. The highest BCUT2D eigenvalue weighted by Gasteiger charge is 2.22. The van der Waals surface area contributed by atoms with Crippen LogP contribution >= 0.6 is 0 Å². The molecule has 0 spiro atoms. The van der Waals surface area contributed by atoms with Crippen molar-refractivity contribution in [3.05, 3.63) is 23.5 Å². The first-order chi connectivity index (χ1) is 13.6. The minimum absolute atomic E-state index is 0.152. The maximum Gasteiger partial charge on any atom is 0.435 e. The number of aryl methyl sites for hydroxylation is 2. The summed E-state index contributed by atoms with van der Waals surface area (Å²) in [5.74, 6) is 0.304. The van der Waals surface area contributed by atoms with Gasteiger partial charge in [-0.05, 0) is 55.4 Å². The molecule has 11 heteroatoms. The number of nitrogens with one attached hydrogen (secondary N) is 2. The number of urea groups is 1. The van der Waals surface area contributed by atoms with Crippen molar-refractivity contribution in [2.24, 2.45) is 0 Å². The van der Waals surface area contributed by atoms with E-state index in [9.17, 15) is 14.4 Å². The quantitative estimate of drug-likeness (QED) is 0.753. The lowest BCUT2D eigenvalue weighted by Crippen LogP contribution is -2.28. The van der Waals surface area contributed by atoms with Crippen LogP contribution in [0.1, 0.15) is 52.9 Å². The van der Waals surface area contributed by atoms with Gasteiger partial charge >= 0.3 is 18.2 Å². The van der Waals surface area contributed by atoms with Gasteiger partial charge in [0.2, 0.25) is 0 Å². The summed E-state index contributed by atoms with van der Waals surface area (Å²) in [6.07, 6.45) is -1.31. The summed E-state index contributed by atoms with van der Waals surface area (Å²) in [5.41, 5.74) is -0.370. The van der Waals surface area contributed by atoms with E-state index in [-0.39, 0.29) is 11.6 Å². The van der Waals surface area contributed by atoms with Gasteiger partial charge in [-0.15, -0.1) is 10.2 Å². The third kappa shape index (κ3) is 6.33. The number of rotatable bonds is 2. The lowest BCUT2D eigenvalue weighted by atomic mass is 10.2. The van der Waals surface area contributed by atoms with E-state index in [1.807, 2.05) is 0 Å². The molecule has 11 nitrogen and oxygen atoms in total. The van der Waals surface area contributed by atoms with Gasteiger partial charge in [0.05, 0.1) is 0 Å². The highest BCUT2D eigenvalue weighted by Crippen LogP contribution is 2.15. The Labute approximate surface area is 174 Å². The zero-order valence-electron chi connectivity index (χ0n) is 18.5. The molecule has 0 saturated heterocycles. The zero-order valence-corrected chi connectivity index (χ0v) is 18.5. The molecule has 30 heavy (non-hydrogen) atoms. The summed E-state index contributed by atoms with van der Waals surface area (Å²) in [6.45, 7) is 13.8. The van der Waals surface area contributed by atoms with E-state index in [2.05, 4.69) is 20.8 Å².